The maximum atomic E-state index is 12.4. The smallest absolute Gasteiger partial charge is 0.412 e. The second kappa shape index (κ2) is 11.3. The van der Waals surface area contributed by atoms with Crippen molar-refractivity contribution in [2.24, 2.45) is 5.92 Å². The van der Waals surface area contributed by atoms with Crippen molar-refractivity contribution in [3.63, 3.8) is 0 Å². The van der Waals surface area contributed by atoms with Gasteiger partial charge in [0.25, 0.3) is 0 Å². The van der Waals surface area contributed by atoms with Gasteiger partial charge in [-0.1, -0.05) is 26.0 Å². The summed E-state index contributed by atoms with van der Waals surface area (Å²) in [5, 5.41) is 5.75. The summed E-state index contributed by atoms with van der Waals surface area (Å²) in [5.74, 6) is 2.45. The van der Waals surface area contributed by atoms with E-state index in [1.165, 1.54) is 0 Å². The summed E-state index contributed by atoms with van der Waals surface area (Å²) in [7, 11) is 3.30. The molecule has 0 aliphatic rings. The Balaban J connectivity index is 1.67. The number of rotatable bonds is 9. The molecule has 0 saturated heterocycles. The minimum atomic E-state index is -0.461. The molecular formula is C28H31N3O4S. The summed E-state index contributed by atoms with van der Waals surface area (Å²) in [5.41, 5.74) is 4.66. The number of nitrogens with zero attached hydrogens (tertiary/aromatic N) is 2. The summed E-state index contributed by atoms with van der Waals surface area (Å²) < 4.78 is 18.4. The number of benzene rings is 2. The average molecular weight is 506 g/mol. The van der Waals surface area contributed by atoms with Gasteiger partial charge >= 0.3 is 6.09 Å². The number of carbonyl (C=O) groups is 1. The predicted octanol–water partition coefficient (Wildman–Crippen LogP) is 6.40. The van der Waals surface area contributed by atoms with E-state index in [0.29, 0.717) is 24.8 Å². The Morgan fingerprint density at radius 3 is 2.28 bits per heavy atom. The van der Waals surface area contributed by atoms with Crippen LogP contribution < -0.4 is 19.5 Å². The fourth-order valence-electron chi connectivity index (χ4n) is 3.73. The molecule has 0 saturated carbocycles. The fourth-order valence-corrected chi connectivity index (χ4v) is 4.55. The molecule has 4 aromatic rings. The SMILES string of the molecule is COc1ccc(Cn2c(-c3csc(-c4ccc(OC)cc4)n3)cc(OC(=O)NCC(C)C)c2C)cc1. The van der Waals surface area contributed by atoms with Gasteiger partial charge in [0.1, 0.15) is 16.5 Å². The molecule has 2 aromatic carbocycles. The maximum absolute atomic E-state index is 12.4. The molecule has 0 aliphatic carbocycles. The van der Waals surface area contributed by atoms with Gasteiger partial charge in [-0.3, -0.25) is 0 Å². The molecule has 1 N–H and O–H groups in total. The van der Waals surface area contributed by atoms with E-state index in [1.54, 1.807) is 25.6 Å². The van der Waals surface area contributed by atoms with Gasteiger partial charge in [-0.15, -0.1) is 11.3 Å². The quantitative estimate of drug-likeness (QED) is 0.285. The topological polar surface area (TPSA) is 74.6 Å². The Kier molecular flexibility index (Phi) is 7.95. The molecule has 0 aliphatic heterocycles. The number of ether oxygens (including phenoxy) is 3. The summed E-state index contributed by atoms with van der Waals surface area (Å²) >= 11 is 1.57. The van der Waals surface area contributed by atoms with Crippen molar-refractivity contribution in [2.45, 2.75) is 27.3 Å². The molecular weight excluding hydrogens is 474 g/mol. The molecule has 1 amide bonds. The minimum absolute atomic E-state index is 0.334. The van der Waals surface area contributed by atoms with Crippen LogP contribution in [-0.4, -0.2) is 36.4 Å². The highest BCUT2D eigenvalue weighted by molar-refractivity contribution is 7.13. The van der Waals surface area contributed by atoms with E-state index in [2.05, 4.69) is 9.88 Å². The lowest BCUT2D eigenvalue weighted by molar-refractivity contribution is 0.198. The molecule has 0 atom stereocenters. The number of carbonyl (C=O) groups excluding carboxylic acids is 1. The van der Waals surface area contributed by atoms with Gasteiger partial charge in [-0.2, -0.15) is 0 Å². The van der Waals surface area contributed by atoms with E-state index < -0.39 is 6.09 Å². The van der Waals surface area contributed by atoms with Crippen LogP contribution >= 0.6 is 11.3 Å². The van der Waals surface area contributed by atoms with E-state index in [-0.39, 0.29) is 0 Å². The number of nitrogens with one attached hydrogen (secondary N) is 1. The Bertz CT molecular complexity index is 1310. The van der Waals surface area contributed by atoms with Gasteiger partial charge in [-0.05, 0) is 54.8 Å². The molecule has 0 radical (unpaired) electrons. The third kappa shape index (κ3) is 5.88. The Hall–Kier alpha value is -3.78. The van der Waals surface area contributed by atoms with Crippen molar-refractivity contribution in [3.05, 3.63) is 71.2 Å². The van der Waals surface area contributed by atoms with Crippen LogP contribution in [0.5, 0.6) is 17.2 Å². The summed E-state index contributed by atoms with van der Waals surface area (Å²) in [6.07, 6.45) is -0.461. The Morgan fingerprint density at radius 2 is 1.67 bits per heavy atom. The van der Waals surface area contributed by atoms with Crippen molar-refractivity contribution in [1.82, 2.24) is 14.9 Å². The van der Waals surface area contributed by atoms with Crippen molar-refractivity contribution in [3.8, 4) is 39.2 Å². The fraction of sp³-hybridized carbons (Fsp3) is 0.286. The molecule has 2 aromatic heterocycles. The van der Waals surface area contributed by atoms with E-state index in [4.69, 9.17) is 19.2 Å². The van der Waals surface area contributed by atoms with Gasteiger partial charge in [0.05, 0.1) is 31.3 Å². The largest absolute Gasteiger partial charge is 0.497 e. The maximum Gasteiger partial charge on any atom is 0.412 e. The number of hydrogen-bond acceptors (Lipinski definition) is 6. The van der Waals surface area contributed by atoms with Gasteiger partial charge in [0, 0.05) is 30.1 Å². The second-order valence-electron chi connectivity index (χ2n) is 8.84. The van der Waals surface area contributed by atoms with Crippen LogP contribution in [0.15, 0.2) is 60.0 Å². The predicted molar refractivity (Wildman–Crippen MR) is 143 cm³/mol. The Labute approximate surface area is 215 Å². The third-order valence-corrected chi connectivity index (χ3v) is 6.67. The summed E-state index contributed by atoms with van der Waals surface area (Å²) in [6, 6.07) is 17.7. The highest BCUT2D eigenvalue weighted by Gasteiger charge is 2.20. The lowest BCUT2D eigenvalue weighted by Gasteiger charge is -2.12. The molecule has 0 unspecified atom stereocenters. The number of hydrogen-bond donors (Lipinski definition) is 1. The number of aromatic nitrogens is 2. The zero-order valence-corrected chi connectivity index (χ0v) is 22.0. The van der Waals surface area contributed by atoms with Gasteiger partial charge < -0.3 is 24.1 Å². The molecule has 0 spiro atoms. The first-order chi connectivity index (χ1) is 17.4. The highest BCUT2D eigenvalue weighted by atomic mass is 32.1. The van der Waals surface area contributed by atoms with Crippen molar-refractivity contribution in [1.29, 1.82) is 0 Å². The van der Waals surface area contributed by atoms with Crippen molar-refractivity contribution < 1.29 is 19.0 Å². The molecule has 2 heterocycles. The van der Waals surface area contributed by atoms with Gasteiger partial charge in [-0.25, -0.2) is 9.78 Å². The molecule has 36 heavy (non-hydrogen) atoms. The number of amides is 1. The molecule has 4 rings (SSSR count). The van der Waals surface area contributed by atoms with Gasteiger partial charge in [0.2, 0.25) is 0 Å². The van der Waals surface area contributed by atoms with Gasteiger partial charge in [0.15, 0.2) is 5.75 Å². The lowest BCUT2D eigenvalue weighted by atomic mass is 10.2. The van der Waals surface area contributed by atoms with Crippen molar-refractivity contribution in [2.75, 3.05) is 20.8 Å². The standard InChI is InChI=1S/C28H31N3O4S/c1-18(2)15-29-28(32)35-26-14-25(31(19(26)3)16-20-6-10-22(33-4)11-7-20)24-17-36-27(30-24)21-8-12-23(34-5)13-9-21/h6-14,17-18H,15-16H2,1-5H3,(H,29,32). The monoisotopic (exact) mass is 505 g/mol. The summed E-state index contributed by atoms with van der Waals surface area (Å²) in [6.45, 7) is 7.18. The molecule has 0 fully saturated rings. The van der Waals surface area contributed by atoms with Crippen LogP contribution in [0.1, 0.15) is 25.1 Å². The second-order valence-corrected chi connectivity index (χ2v) is 9.70. The van der Waals surface area contributed by atoms with Crippen molar-refractivity contribution >= 4 is 17.4 Å². The normalized spacial score (nSPS) is 10.9. The lowest BCUT2D eigenvalue weighted by Crippen LogP contribution is -2.30. The molecule has 7 nitrogen and oxygen atoms in total. The first kappa shape index (κ1) is 25.3. The van der Waals surface area contributed by atoms with Crippen LogP contribution in [0.3, 0.4) is 0 Å². The minimum Gasteiger partial charge on any atom is -0.497 e. The third-order valence-electron chi connectivity index (χ3n) is 5.78. The zero-order chi connectivity index (χ0) is 25.7. The van der Waals surface area contributed by atoms with Crippen LogP contribution in [0.25, 0.3) is 22.0 Å². The number of thiazole rings is 1. The van der Waals surface area contributed by atoms with Crippen LogP contribution in [-0.2, 0) is 6.54 Å². The van der Waals surface area contributed by atoms with E-state index >= 15 is 0 Å². The van der Waals surface area contributed by atoms with Crippen LogP contribution in [0.2, 0.25) is 0 Å². The Morgan fingerprint density at radius 1 is 1.03 bits per heavy atom. The highest BCUT2D eigenvalue weighted by Crippen LogP contribution is 2.35. The molecule has 0 bridgehead atoms. The molecule has 188 valence electrons. The van der Waals surface area contributed by atoms with E-state index in [9.17, 15) is 4.79 Å². The van der Waals surface area contributed by atoms with Crippen LogP contribution in [0, 0.1) is 12.8 Å². The van der Waals surface area contributed by atoms with E-state index in [0.717, 1.165) is 44.7 Å². The summed E-state index contributed by atoms with van der Waals surface area (Å²) in [4.78, 5) is 17.3. The molecule has 8 heteroatoms. The first-order valence-corrected chi connectivity index (χ1v) is 12.6. The number of methoxy groups -OCH3 is 2. The van der Waals surface area contributed by atoms with E-state index in [1.807, 2.05) is 80.7 Å². The first-order valence-electron chi connectivity index (χ1n) is 11.8. The zero-order valence-electron chi connectivity index (χ0n) is 21.2. The van der Waals surface area contributed by atoms with Crippen LogP contribution in [0.4, 0.5) is 4.79 Å². The average Bonchev–Trinajstić information content (AvgIpc) is 3.49.